The second-order valence-electron chi connectivity index (χ2n) is 8.44. The normalized spacial score (nSPS) is 11.9. The van der Waals surface area contributed by atoms with E-state index in [9.17, 15) is 9.59 Å². The summed E-state index contributed by atoms with van der Waals surface area (Å²) < 4.78 is 1.97. The average molecular weight is 513 g/mol. The van der Waals surface area contributed by atoms with Crippen molar-refractivity contribution < 1.29 is 9.59 Å². The minimum absolute atomic E-state index is 0. The monoisotopic (exact) mass is 512 g/mol. The van der Waals surface area contributed by atoms with Crippen LogP contribution < -0.4 is 16.4 Å². The Kier molecular flexibility index (Phi) is 7.56. The number of benzene rings is 2. The van der Waals surface area contributed by atoms with Gasteiger partial charge < -0.3 is 20.9 Å². The highest BCUT2D eigenvalue weighted by atomic mass is 35.5. The maximum absolute atomic E-state index is 12.3. The largest absolute Gasteiger partial charge is 0.368 e. The summed E-state index contributed by atoms with van der Waals surface area (Å²) in [4.78, 5) is 33.2. The van der Waals surface area contributed by atoms with Crippen LogP contribution in [0.5, 0.6) is 0 Å². The molecular formula is C28H25ClN6O2. The van der Waals surface area contributed by atoms with Crippen LogP contribution in [0.4, 0.5) is 5.95 Å². The van der Waals surface area contributed by atoms with Crippen LogP contribution in [0.3, 0.4) is 0 Å². The molecular weight excluding hydrogens is 488 g/mol. The van der Waals surface area contributed by atoms with Gasteiger partial charge in [0.2, 0.25) is 5.95 Å². The molecule has 0 fully saturated rings. The van der Waals surface area contributed by atoms with E-state index in [0.29, 0.717) is 35.5 Å². The van der Waals surface area contributed by atoms with Gasteiger partial charge in [0.25, 0.3) is 11.8 Å². The van der Waals surface area contributed by atoms with Crippen LogP contribution in [0.2, 0.25) is 0 Å². The molecule has 0 unspecified atom stereocenters. The number of nitrogens with two attached hydrogens (primary N) is 1. The Morgan fingerprint density at radius 1 is 1.14 bits per heavy atom. The molecule has 4 aromatic rings. The van der Waals surface area contributed by atoms with Crippen LogP contribution in [0.25, 0.3) is 11.4 Å². The van der Waals surface area contributed by atoms with Gasteiger partial charge >= 0.3 is 0 Å². The molecule has 0 saturated carbocycles. The number of amides is 2. The number of nitrogens with one attached hydrogen (secondary N) is 2. The molecule has 0 radical (unpaired) electrons. The summed E-state index contributed by atoms with van der Waals surface area (Å²) >= 11 is 0. The van der Waals surface area contributed by atoms with Crippen molar-refractivity contribution in [1.82, 2.24) is 25.2 Å². The van der Waals surface area contributed by atoms with Gasteiger partial charge in [0.05, 0.1) is 16.8 Å². The topological polar surface area (TPSA) is 115 Å². The minimum Gasteiger partial charge on any atom is -0.368 e. The smallest absolute Gasteiger partial charge is 0.253 e. The first-order chi connectivity index (χ1) is 17.5. The van der Waals surface area contributed by atoms with E-state index in [-0.39, 0.29) is 30.2 Å². The molecule has 0 bridgehead atoms. The fraction of sp³-hybridized carbons (Fsp3) is 0.143. The number of anilines is 1. The molecule has 0 atom stereocenters. The van der Waals surface area contributed by atoms with Crippen molar-refractivity contribution in [2.24, 2.45) is 7.05 Å². The van der Waals surface area contributed by atoms with E-state index in [4.69, 9.17) is 5.73 Å². The lowest BCUT2D eigenvalue weighted by Crippen LogP contribution is -2.31. The van der Waals surface area contributed by atoms with Crippen LogP contribution in [-0.2, 0) is 20.0 Å². The average Bonchev–Trinajstić information content (AvgIpc) is 3.24. The SMILES string of the molecule is Cl.Cn1c(-c2nc(N)ncc2C#Cc2cccc(CNC(=O)c3ccccc3)c2)cc2c1CCNC2=O. The van der Waals surface area contributed by atoms with Gasteiger partial charge in [0, 0.05) is 49.6 Å². The molecule has 0 aliphatic carbocycles. The summed E-state index contributed by atoms with van der Waals surface area (Å²) in [5.74, 6) is 6.24. The van der Waals surface area contributed by atoms with E-state index < -0.39 is 0 Å². The molecule has 8 nitrogen and oxygen atoms in total. The molecule has 1 aliphatic rings. The number of hydrogen-bond acceptors (Lipinski definition) is 5. The van der Waals surface area contributed by atoms with Crippen molar-refractivity contribution in [1.29, 1.82) is 0 Å². The molecule has 1 aliphatic heterocycles. The van der Waals surface area contributed by atoms with Crippen LogP contribution >= 0.6 is 12.4 Å². The zero-order valence-electron chi connectivity index (χ0n) is 20.1. The Morgan fingerprint density at radius 3 is 2.73 bits per heavy atom. The second-order valence-corrected chi connectivity index (χ2v) is 8.44. The summed E-state index contributed by atoms with van der Waals surface area (Å²) in [6, 6.07) is 18.6. The highest BCUT2D eigenvalue weighted by Crippen LogP contribution is 2.28. The third kappa shape index (κ3) is 5.47. The summed E-state index contributed by atoms with van der Waals surface area (Å²) in [5, 5.41) is 5.80. The molecule has 5 rings (SSSR count). The van der Waals surface area contributed by atoms with Gasteiger partial charge in [-0.2, -0.15) is 0 Å². The van der Waals surface area contributed by atoms with Crippen molar-refractivity contribution in [2.45, 2.75) is 13.0 Å². The predicted molar refractivity (Wildman–Crippen MR) is 144 cm³/mol. The summed E-state index contributed by atoms with van der Waals surface area (Å²) in [5.41, 5.74) is 11.8. The summed E-state index contributed by atoms with van der Waals surface area (Å²) in [6.07, 6.45) is 2.34. The van der Waals surface area contributed by atoms with E-state index >= 15 is 0 Å². The molecule has 3 heterocycles. The van der Waals surface area contributed by atoms with Gasteiger partial charge in [-0.1, -0.05) is 42.2 Å². The third-order valence-electron chi connectivity index (χ3n) is 6.06. The molecule has 2 amide bonds. The number of nitrogens with zero attached hydrogens (tertiary/aromatic N) is 3. The number of rotatable bonds is 4. The molecule has 2 aromatic carbocycles. The zero-order valence-corrected chi connectivity index (χ0v) is 20.9. The van der Waals surface area contributed by atoms with Gasteiger partial charge in [-0.3, -0.25) is 9.59 Å². The van der Waals surface area contributed by atoms with Gasteiger partial charge in [-0.25, -0.2) is 9.97 Å². The fourth-order valence-corrected chi connectivity index (χ4v) is 4.21. The van der Waals surface area contributed by atoms with Gasteiger partial charge in [-0.05, 0) is 35.9 Å². The molecule has 2 aromatic heterocycles. The van der Waals surface area contributed by atoms with Gasteiger partial charge in [0.1, 0.15) is 5.69 Å². The lowest BCUT2D eigenvalue weighted by molar-refractivity contribution is 0.0939. The van der Waals surface area contributed by atoms with E-state index in [2.05, 4.69) is 32.4 Å². The maximum Gasteiger partial charge on any atom is 0.253 e. The summed E-state index contributed by atoms with van der Waals surface area (Å²) in [6.45, 7) is 0.986. The molecule has 0 saturated heterocycles. The number of carbonyl (C=O) groups excluding carboxylic acids is 2. The Bertz CT molecular complexity index is 1540. The number of halogens is 1. The molecule has 37 heavy (non-hydrogen) atoms. The molecule has 0 spiro atoms. The standard InChI is InChI=1S/C28H24N6O2.ClH/c1-34-23-12-13-30-27(36)22(23)15-24(34)25-21(17-32-28(29)33-25)11-10-18-6-5-7-19(14-18)16-31-26(35)20-8-3-2-4-9-20;/h2-9,14-15,17H,12-13,16H2,1H3,(H,30,36)(H,31,35)(H2,29,32,33);1H. The highest BCUT2D eigenvalue weighted by Gasteiger charge is 2.24. The van der Waals surface area contributed by atoms with E-state index in [1.807, 2.05) is 60.1 Å². The van der Waals surface area contributed by atoms with Gasteiger partial charge in [0.15, 0.2) is 0 Å². The number of aromatic nitrogens is 3. The Labute approximate surface area is 220 Å². The van der Waals surface area contributed by atoms with Gasteiger partial charge in [-0.15, -0.1) is 12.4 Å². The van der Waals surface area contributed by atoms with Crippen molar-refractivity contribution >= 4 is 30.2 Å². The number of fused-ring (bicyclic) bond motifs is 1. The van der Waals surface area contributed by atoms with E-state index in [1.165, 1.54) is 0 Å². The Morgan fingerprint density at radius 2 is 1.95 bits per heavy atom. The first-order valence-electron chi connectivity index (χ1n) is 11.5. The third-order valence-corrected chi connectivity index (χ3v) is 6.06. The predicted octanol–water partition coefficient (Wildman–Crippen LogP) is 3.10. The Hall–Kier alpha value is -4.61. The van der Waals surface area contributed by atoms with Crippen molar-refractivity contribution in [2.75, 3.05) is 12.3 Å². The maximum atomic E-state index is 12.3. The lowest BCUT2D eigenvalue weighted by Gasteiger charge is -2.14. The molecule has 186 valence electrons. The minimum atomic E-state index is -0.130. The Balaban J connectivity index is 0.00000320. The van der Waals surface area contributed by atoms with Crippen molar-refractivity contribution in [3.05, 3.63) is 100 Å². The van der Waals surface area contributed by atoms with Crippen molar-refractivity contribution in [3.63, 3.8) is 0 Å². The number of hydrogen-bond donors (Lipinski definition) is 3. The lowest BCUT2D eigenvalue weighted by atomic mass is 10.1. The van der Waals surface area contributed by atoms with Crippen molar-refractivity contribution in [3.8, 4) is 23.2 Å². The zero-order chi connectivity index (χ0) is 25.1. The van der Waals surface area contributed by atoms with Crippen LogP contribution in [0.15, 0.2) is 66.9 Å². The second kappa shape index (κ2) is 11.0. The van der Waals surface area contributed by atoms with Crippen LogP contribution in [0, 0.1) is 11.8 Å². The molecule has 4 N–H and O–H groups in total. The van der Waals surface area contributed by atoms with Crippen LogP contribution in [0.1, 0.15) is 43.1 Å². The highest BCUT2D eigenvalue weighted by molar-refractivity contribution is 5.98. The number of nitrogen functional groups attached to an aromatic ring is 1. The quantitative estimate of drug-likeness (QED) is 0.363. The van der Waals surface area contributed by atoms with Crippen LogP contribution in [-0.4, -0.2) is 32.9 Å². The molecule has 9 heteroatoms. The fourth-order valence-electron chi connectivity index (χ4n) is 4.21. The first kappa shape index (κ1) is 25.5. The summed E-state index contributed by atoms with van der Waals surface area (Å²) in [7, 11) is 1.91. The van der Waals surface area contributed by atoms with E-state index in [1.54, 1.807) is 18.3 Å². The first-order valence-corrected chi connectivity index (χ1v) is 11.5. The van der Waals surface area contributed by atoms with E-state index in [0.717, 1.165) is 28.9 Å². The number of carbonyl (C=O) groups is 2.